The van der Waals surface area contributed by atoms with E-state index in [1.54, 1.807) is 0 Å². The quantitative estimate of drug-likeness (QED) is 0.137. The molecule has 0 bridgehead atoms. The largest absolute Gasteiger partial charge is 0.383 e. The van der Waals surface area contributed by atoms with E-state index in [1.807, 2.05) is 30.3 Å². The summed E-state index contributed by atoms with van der Waals surface area (Å²) in [5.41, 5.74) is 18.3. The summed E-state index contributed by atoms with van der Waals surface area (Å²) in [6.07, 6.45) is 23.8. The summed E-state index contributed by atoms with van der Waals surface area (Å²) >= 11 is 0. The van der Waals surface area contributed by atoms with Crippen LogP contribution in [-0.4, -0.2) is 5.84 Å². The molecule has 4 unspecified atom stereocenters. The van der Waals surface area contributed by atoms with E-state index in [9.17, 15) is 0 Å². The normalized spacial score (nSPS) is 21.7. The molecule has 0 saturated carbocycles. The molecule has 51 heavy (non-hydrogen) atoms. The Morgan fingerprint density at radius 1 is 0.784 bits per heavy atom. The van der Waals surface area contributed by atoms with Gasteiger partial charge < -0.3 is 5.73 Å². The lowest BCUT2D eigenvalue weighted by Crippen LogP contribution is -2.28. The number of aliphatic imine (C=N–C) groups is 1. The van der Waals surface area contributed by atoms with Gasteiger partial charge in [0.1, 0.15) is 5.84 Å². The average molecular weight is 661 g/mol. The third-order valence-corrected chi connectivity index (χ3v) is 10.9. The highest BCUT2D eigenvalue weighted by molar-refractivity contribution is 6.01. The molecule has 0 spiro atoms. The first kappa shape index (κ1) is 32.5. The van der Waals surface area contributed by atoms with Crippen molar-refractivity contribution >= 4 is 28.4 Å². The van der Waals surface area contributed by atoms with Crippen molar-refractivity contribution in [2.24, 2.45) is 33.9 Å². The molecule has 0 aliphatic heterocycles. The van der Waals surface area contributed by atoms with Crippen LogP contribution in [0.1, 0.15) is 43.0 Å². The van der Waals surface area contributed by atoms with Crippen LogP contribution in [0.25, 0.3) is 44.8 Å². The maximum atomic E-state index is 6.87. The Morgan fingerprint density at radius 3 is 2.39 bits per heavy atom. The van der Waals surface area contributed by atoms with Crippen molar-refractivity contribution in [2.75, 3.05) is 0 Å². The zero-order chi connectivity index (χ0) is 35.0. The van der Waals surface area contributed by atoms with E-state index in [1.165, 1.54) is 38.6 Å². The molecule has 2 heteroatoms. The minimum atomic E-state index is -0.0528. The number of nitrogens with zero attached hydrogens (tertiary/aromatic N) is 1. The highest BCUT2D eigenvalue weighted by Gasteiger charge is 2.35. The van der Waals surface area contributed by atoms with Crippen LogP contribution in [0.4, 0.5) is 0 Å². The van der Waals surface area contributed by atoms with Crippen molar-refractivity contribution in [1.82, 2.24) is 0 Å². The van der Waals surface area contributed by atoms with Gasteiger partial charge in [-0.15, -0.1) is 0 Å². The van der Waals surface area contributed by atoms with E-state index < -0.39 is 0 Å². The molecule has 3 aliphatic carbocycles. The zero-order valence-electron chi connectivity index (χ0n) is 29.6. The number of allylic oxidation sites excluding steroid dienone is 10. The lowest BCUT2D eigenvalue weighted by molar-refractivity contribution is 0.412. The van der Waals surface area contributed by atoms with E-state index in [0.29, 0.717) is 11.8 Å². The fourth-order valence-corrected chi connectivity index (χ4v) is 7.95. The second-order valence-electron chi connectivity index (χ2n) is 14.6. The van der Waals surface area contributed by atoms with Gasteiger partial charge in [0.2, 0.25) is 0 Å². The SMILES string of the molecule is CC1C=Cc2cc(-c3ccc(-c4ccc5ccccc5c4)cc3/C(=C/C(C)C3=CC=CC4(C)C=CC=CC34)N=C(N)c3ccccc3)ccc2C1. The summed E-state index contributed by atoms with van der Waals surface area (Å²) in [4.78, 5) is 5.31. The number of benzene rings is 5. The Labute approximate surface area is 302 Å². The van der Waals surface area contributed by atoms with Crippen molar-refractivity contribution < 1.29 is 0 Å². The van der Waals surface area contributed by atoms with Crippen LogP contribution in [-0.2, 0) is 6.42 Å². The smallest absolute Gasteiger partial charge is 0.131 e. The van der Waals surface area contributed by atoms with Crippen LogP contribution in [0.5, 0.6) is 0 Å². The molecule has 0 aromatic heterocycles. The summed E-state index contributed by atoms with van der Waals surface area (Å²) in [5, 5.41) is 2.46. The third kappa shape index (κ3) is 6.51. The Balaban J connectivity index is 1.33. The van der Waals surface area contributed by atoms with Crippen LogP contribution in [0.3, 0.4) is 0 Å². The number of hydrogen-bond acceptors (Lipinski definition) is 1. The number of fused-ring (bicyclic) bond motifs is 3. The molecule has 4 atom stereocenters. The summed E-state index contributed by atoms with van der Waals surface area (Å²) < 4.78 is 0. The van der Waals surface area contributed by atoms with Gasteiger partial charge in [-0.05, 0) is 80.6 Å². The summed E-state index contributed by atoms with van der Waals surface area (Å²) in [5.74, 6) is 1.42. The molecule has 3 aliphatic rings. The van der Waals surface area contributed by atoms with E-state index in [-0.39, 0.29) is 17.3 Å². The second-order valence-corrected chi connectivity index (χ2v) is 14.6. The monoisotopic (exact) mass is 660 g/mol. The molecule has 2 N–H and O–H groups in total. The first-order valence-corrected chi connectivity index (χ1v) is 18.2. The lowest BCUT2D eigenvalue weighted by atomic mass is 9.66. The number of rotatable bonds is 7. The molecule has 0 heterocycles. The molecule has 0 fully saturated rings. The molecule has 0 saturated heterocycles. The first-order chi connectivity index (χ1) is 24.8. The van der Waals surface area contributed by atoms with Gasteiger partial charge in [-0.2, -0.15) is 0 Å². The number of amidine groups is 1. The van der Waals surface area contributed by atoms with Gasteiger partial charge in [0.15, 0.2) is 0 Å². The highest BCUT2D eigenvalue weighted by atomic mass is 14.9. The maximum Gasteiger partial charge on any atom is 0.131 e. The van der Waals surface area contributed by atoms with Crippen molar-refractivity contribution in [3.8, 4) is 22.3 Å². The minimum absolute atomic E-state index is 0.0528. The van der Waals surface area contributed by atoms with Crippen LogP contribution in [0, 0.1) is 23.2 Å². The van der Waals surface area contributed by atoms with Gasteiger partial charge in [-0.1, -0.05) is 178 Å². The topological polar surface area (TPSA) is 38.4 Å². The van der Waals surface area contributed by atoms with Crippen molar-refractivity contribution in [3.05, 3.63) is 192 Å². The van der Waals surface area contributed by atoms with Crippen molar-refractivity contribution in [1.29, 1.82) is 0 Å². The summed E-state index contributed by atoms with van der Waals surface area (Å²) in [6, 6.07) is 39.2. The minimum Gasteiger partial charge on any atom is -0.383 e. The average Bonchev–Trinajstić information content (AvgIpc) is 3.16. The number of hydrogen-bond donors (Lipinski definition) is 1. The fourth-order valence-electron chi connectivity index (χ4n) is 7.95. The summed E-state index contributed by atoms with van der Waals surface area (Å²) in [7, 11) is 0. The number of nitrogens with two attached hydrogens (primary N) is 1. The third-order valence-electron chi connectivity index (χ3n) is 10.9. The predicted molar refractivity (Wildman–Crippen MR) is 218 cm³/mol. The maximum absolute atomic E-state index is 6.87. The van der Waals surface area contributed by atoms with Crippen LogP contribution in [0.2, 0.25) is 0 Å². The van der Waals surface area contributed by atoms with E-state index in [2.05, 4.69) is 160 Å². The fraction of sp³-hybridized carbons (Fsp3) is 0.163. The van der Waals surface area contributed by atoms with Gasteiger partial charge in [-0.3, -0.25) is 0 Å². The van der Waals surface area contributed by atoms with Crippen LogP contribution < -0.4 is 5.73 Å². The zero-order valence-corrected chi connectivity index (χ0v) is 29.6. The Morgan fingerprint density at radius 2 is 1.53 bits per heavy atom. The molecular weight excluding hydrogens is 617 g/mol. The molecule has 0 radical (unpaired) electrons. The molecule has 0 amide bonds. The van der Waals surface area contributed by atoms with Gasteiger partial charge >= 0.3 is 0 Å². The predicted octanol–water partition coefficient (Wildman–Crippen LogP) is 12.0. The van der Waals surface area contributed by atoms with Crippen molar-refractivity contribution in [2.45, 2.75) is 27.2 Å². The molecule has 5 aromatic rings. The van der Waals surface area contributed by atoms with Crippen LogP contribution in [0.15, 0.2) is 174 Å². The summed E-state index contributed by atoms with van der Waals surface area (Å²) in [6.45, 7) is 6.90. The van der Waals surface area contributed by atoms with Crippen molar-refractivity contribution in [3.63, 3.8) is 0 Å². The van der Waals surface area contributed by atoms with Gasteiger partial charge in [0, 0.05) is 22.5 Å². The molecule has 250 valence electrons. The van der Waals surface area contributed by atoms with E-state index >= 15 is 0 Å². The Bertz CT molecular complexity index is 2340. The molecule has 8 rings (SSSR count). The second kappa shape index (κ2) is 13.5. The van der Waals surface area contributed by atoms with Gasteiger partial charge in [0.05, 0.1) is 5.70 Å². The Kier molecular flexibility index (Phi) is 8.61. The van der Waals surface area contributed by atoms with E-state index in [4.69, 9.17) is 10.7 Å². The van der Waals surface area contributed by atoms with Gasteiger partial charge in [-0.25, -0.2) is 4.99 Å². The molecule has 5 aromatic carbocycles. The van der Waals surface area contributed by atoms with Crippen LogP contribution >= 0.6 is 0 Å². The Hall–Kier alpha value is -5.73. The van der Waals surface area contributed by atoms with E-state index in [0.717, 1.165) is 34.4 Å². The molecule has 2 nitrogen and oxygen atoms in total. The standard InChI is InChI=1S/C49H44N2/c1-33-18-19-39-31-42(23-22-38(39)28-33)44-25-24-41(40-21-20-35-12-7-8-15-37(35)30-40)32-45(44)47(51-48(50)36-13-5-4-6-14-36)29-34(2)43-16-11-27-49(3)26-10-9-17-46(43)49/h4-27,29-34,46H,28H2,1-3H3,(H2,50,51)/b47-29-. The highest BCUT2D eigenvalue weighted by Crippen LogP contribution is 2.45. The first-order valence-electron chi connectivity index (χ1n) is 18.2. The lowest BCUT2D eigenvalue weighted by Gasteiger charge is -2.38. The molecular formula is C49H44N2. The van der Waals surface area contributed by atoms with Gasteiger partial charge in [0.25, 0.3) is 0 Å².